The number of hydrogen-bond acceptors (Lipinski definition) is 4. The fraction of sp³-hybridized carbons (Fsp3) is 0.182. The molecule has 2 rings (SSSR count). The highest BCUT2D eigenvalue weighted by Crippen LogP contribution is 2.17. The molecule has 0 saturated heterocycles. The summed E-state index contributed by atoms with van der Waals surface area (Å²) in [6.07, 6.45) is 5.45. The summed E-state index contributed by atoms with van der Waals surface area (Å²) in [6, 6.07) is 4.19. The van der Waals surface area contributed by atoms with E-state index in [0.29, 0.717) is 5.82 Å². The third-order valence-electron chi connectivity index (χ3n) is 1.87. The zero-order valence-electron chi connectivity index (χ0n) is 8.64. The molecule has 2 aromatic heterocycles. The second kappa shape index (κ2) is 4.31. The van der Waals surface area contributed by atoms with Crippen molar-refractivity contribution in [1.29, 1.82) is 0 Å². The minimum absolute atomic E-state index is 0.702. The second-order valence-corrected chi connectivity index (χ2v) is 4.49. The van der Waals surface area contributed by atoms with E-state index in [0.717, 1.165) is 5.82 Å². The normalized spacial score (nSPS) is 11.1. The summed E-state index contributed by atoms with van der Waals surface area (Å²) in [4.78, 5) is 14.7. The van der Waals surface area contributed by atoms with Gasteiger partial charge < -0.3 is 0 Å². The van der Waals surface area contributed by atoms with E-state index in [1.165, 1.54) is 16.1 Å². The van der Waals surface area contributed by atoms with Gasteiger partial charge in [-0.05, 0) is 38.1 Å². The van der Waals surface area contributed by atoms with E-state index >= 15 is 0 Å². The van der Waals surface area contributed by atoms with Crippen molar-refractivity contribution >= 4 is 23.5 Å². The summed E-state index contributed by atoms with van der Waals surface area (Å²) >= 11 is 1.75. The highest BCUT2D eigenvalue weighted by Gasteiger charge is 1.94. The first kappa shape index (κ1) is 9.98. The summed E-state index contributed by atoms with van der Waals surface area (Å²) in [5, 5.41) is 0. The molecule has 0 aliphatic carbocycles. The maximum absolute atomic E-state index is 4.19. The van der Waals surface area contributed by atoms with Crippen molar-refractivity contribution in [3.63, 3.8) is 0 Å². The van der Waals surface area contributed by atoms with Gasteiger partial charge in [-0.25, -0.2) is 15.0 Å². The third kappa shape index (κ3) is 2.70. The lowest BCUT2D eigenvalue weighted by atomic mass is 10.4. The molecule has 15 heavy (non-hydrogen) atoms. The topological polar surface area (TPSA) is 38.7 Å². The van der Waals surface area contributed by atoms with Crippen LogP contribution in [0.15, 0.2) is 18.5 Å². The van der Waals surface area contributed by atoms with Crippen molar-refractivity contribution in [2.45, 2.75) is 13.8 Å². The molecular weight excluding hydrogens is 206 g/mol. The van der Waals surface area contributed by atoms with Gasteiger partial charge in [-0.2, -0.15) is 0 Å². The van der Waals surface area contributed by atoms with Gasteiger partial charge in [0.15, 0.2) is 5.82 Å². The van der Waals surface area contributed by atoms with Crippen LogP contribution >= 0.6 is 11.3 Å². The minimum Gasteiger partial charge on any atom is -0.222 e. The molecule has 0 aliphatic heterocycles. The highest BCUT2D eigenvalue weighted by atomic mass is 32.1. The van der Waals surface area contributed by atoms with Crippen molar-refractivity contribution in [1.82, 2.24) is 15.0 Å². The Morgan fingerprint density at radius 2 is 2.00 bits per heavy atom. The summed E-state index contributed by atoms with van der Waals surface area (Å²) in [7, 11) is 0. The van der Waals surface area contributed by atoms with Crippen molar-refractivity contribution in [2.75, 3.05) is 0 Å². The summed E-state index contributed by atoms with van der Waals surface area (Å²) < 4.78 is 0. The standard InChI is InChI=1S/C11H11N3S/c1-8-3-4-10(15-8)5-6-11-13-7-12-9(2)14-11/h3-7H,1-2H3/b6-5+. The molecule has 0 aliphatic rings. The Morgan fingerprint density at radius 1 is 1.13 bits per heavy atom. The number of nitrogens with zero attached hydrogens (tertiary/aromatic N) is 3. The molecular formula is C11H11N3S. The van der Waals surface area contributed by atoms with Gasteiger partial charge >= 0.3 is 0 Å². The van der Waals surface area contributed by atoms with Crippen molar-refractivity contribution in [2.24, 2.45) is 0 Å². The van der Waals surface area contributed by atoms with Crippen LogP contribution in [0.4, 0.5) is 0 Å². The first-order valence-corrected chi connectivity index (χ1v) is 5.46. The third-order valence-corrected chi connectivity index (χ3v) is 2.83. The molecule has 0 saturated carbocycles. The van der Waals surface area contributed by atoms with E-state index in [2.05, 4.69) is 34.0 Å². The molecule has 2 aromatic rings. The average Bonchev–Trinajstić information content (AvgIpc) is 2.62. The van der Waals surface area contributed by atoms with E-state index in [1.54, 1.807) is 11.3 Å². The molecule has 76 valence electrons. The zero-order chi connectivity index (χ0) is 10.7. The first-order chi connectivity index (χ1) is 7.24. The SMILES string of the molecule is Cc1ncnc(/C=C/c2ccc(C)s2)n1. The Hall–Kier alpha value is -1.55. The maximum atomic E-state index is 4.19. The number of rotatable bonds is 2. The molecule has 2 heterocycles. The van der Waals surface area contributed by atoms with Crippen LogP contribution < -0.4 is 0 Å². The fourth-order valence-corrected chi connectivity index (χ4v) is 1.96. The second-order valence-electron chi connectivity index (χ2n) is 3.17. The predicted octanol–water partition coefficient (Wildman–Crippen LogP) is 2.72. The van der Waals surface area contributed by atoms with Crippen LogP contribution in [0.3, 0.4) is 0 Å². The number of aryl methyl sites for hydroxylation is 2. The van der Waals surface area contributed by atoms with Crippen LogP contribution in [-0.4, -0.2) is 15.0 Å². The van der Waals surface area contributed by atoms with E-state index in [9.17, 15) is 0 Å². The van der Waals surface area contributed by atoms with Crippen LogP contribution in [0.5, 0.6) is 0 Å². The van der Waals surface area contributed by atoms with Gasteiger partial charge in [-0.15, -0.1) is 11.3 Å². The Bertz CT molecular complexity index is 488. The predicted molar refractivity (Wildman–Crippen MR) is 62.5 cm³/mol. The Morgan fingerprint density at radius 3 is 2.67 bits per heavy atom. The molecule has 0 spiro atoms. The quantitative estimate of drug-likeness (QED) is 0.776. The largest absolute Gasteiger partial charge is 0.222 e. The van der Waals surface area contributed by atoms with Gasteiger partial charge in [0, 0.05) is 9.75 Å². The van der Waals surface area contributed by atoms with Crippen LogP contribution in [0, 0.1) is 13.8 Å². The molecule has 0 radical (unpaired) electrons. The molecule has 0 amide bonds. The average molecular weight is 217 g/mol. The van der Waals surface area contributed by atoms with Gasteiger partial charge in [0.1, 0.15) is 12.2 Å². The lowest BCUT2D eigenvalue weighted by Crippen LogP contribution is -1.92. The van der Waals surface area contributed by atoms with Gasteiger partial charge in [-0.1, -0.05) is 0 Å². The Labute approximate surface area is 92.6 Å². The molecule has 0 aromatic carbocycles. The molecule has 0 N–H and O–H groups in total. The molecule has 0 bridgehead atoms. The van der Waals surface area contributed by atoms with Crippen molar-refractivity contribution in [3.05, 3.63) is 39.9 Å². The van der Waals surface area contributed by atoms with Gasteiger partial charge in [-0.3, -0.25) is 0 Å². The summed E-state index contributed by atoms with van der Waals surface area (Å²) in [6.45, 7) is 3.95. The lowest BCUT2D eigenvalue weighted by molar-refractivity contribution is 0.959. The molecule has 0 unspecified atom stereocenters. The summed E-state index contributed by atoms with van der Waals surface area (Å²) in [5.41, 5.74) is 0. The monoisotopic (exact) mass is 217 g/mol. The highest BCUT2D eigenvalue weighted by molar-refractivity contribution is 7.12. The van der Waals surface area contributed by atoms with Crippen LogP contribution in [0.25, 0.3) is 12.2 Å². The van der Waals surface area contributed by atoms with Gasteiger partial charge in [0.25, 0.3) is 0 Å². The fourth-order valence-electron chi connectivity index (χ4n) is 1.18. The van der Waals surface area contributed by atoms with Gasteiger partial charge in [0.05, 0.1) is 0 Å². The van der Waals surface area contributed by atoms with Crippen LogP contribution in [-0.2, 0) is 0 Å². The number of aromatic nitrogens is 3. The van der Waals surface area contributed by atoms with E-state index in [1.807, 2.05) is 19.1 Å². The Balaban J connectivity index is 2.18. The van der Waals surface area contributed by atoms with E-state index in [-0.39, 0.29) is 0 Å². The number of thiophene rings is 1. The zero-order valence-corrected chi connectivity index (χ0v) is 9.45. The van der Waals surface area contributed by atoms with Crippen molar-refractivity contribution < 1.29 is 0 Å². The van der Waals surface area contributed by atoms with Crippen LogP contribution in [0.1, 0.15) is 21.4 Å². The molecule has 0 fully saturated rings. The number of hydrogen-bond donors (Lipinski definition) is 0. The van der Waals surface area contributed by atoms with Crippen LogP contribution in [0.2, 0.25) is 0 Å². The molecule has 3 nitrogen and oxygen atoms in total. The van der Waals surface area contributed by atoms with Crippen molar-refractivity contribution in [3.8, 4) is 0 Å². The van der Waals surface area contributed by atoms with E-state index < -0.39 is 0 Å². The Kier molecular flexibility index (Phi) is 2.87. The van der Waals surface area contributed by atoms with E-state index in [4.69, 9.17) is 0 Å². The molecule has 4 heteroatoms. The summed E-state index contributed by atoms with van der Waals surface area (Å²) in [5.74, 6) is 1.44. The molecule has 0 atom stereocenters. The maximum Gasteiger partial charge on any atom is 0.155 e. The minimum atomic E-state index is 0.702. The van der Waals surface area contributed by atoms with Gasteiger partial charge in [0.2, 0.25) is 0 Å². The smallest absolute Gasteiger partial charge is 0.155 e. The first-order valence-electron chi connectivity index (χ1n) is 4.64. The lowest BCUT2D eigenvalue weighted by Gasteiger charge is -1.91.